The van der Waals surface area contributed by atoms with Crippen LogP contribution in [0.1, 0.15) is 29.5 Å². The summed E-state index contributed by atoms with van der Waals surface area (Å²) in [6.07, 6.45) is 3.58. The zero-order valence-electron chi connectivity index (χ0n) is 16.0. The summed E-state index contributed by atoms with van der Waals surface area (Å²) in [4.78, 5) is 12.2. The van der Waals surface area contributed by atoms with Crippen molar-refractivity contribution >= 4 is 12.0 Å². The van der Waals surface area contributed by atoms with Crippen LogP contribution in [-0.2, 0) is 16.1 Å². The predicted octanol–water partition coefficient (Wildman–Crippen LogP) is 3.78. The predicted molar refractivity (Wildman–Crippen MR) is 108 cm³/mol. The molecule has 0 saturated carbocycles. The molecule has 1 N–H and O–H groups in total. The summed E-state index contributed by atoms with van der Waals surface area (Å²) in [6.45, 7) is 3.71. The topological polar surface area (TPSA) is 71.3 Å². The van der Waals surface area contributed by atoms with E-state index in [1.807, 2.05) is 42.5 Å². The molecule has 1 amide bonds. The van der Waals surface area contributed by atoms with Gasteiger partial charge in [0.05, 0.1) is 6.10 Å². The largest absolute Gasteiger partial charge is 0.489 e. The van der Waals surface area contributed by atoms with E-state index in [1.54, 1.807) is 6.08 Å². The van der Waals surface area contributed by atoms with Crippen LogP contribution in [-0.4, -0.2) is 25.2 Å². The maximum absolute atomic E-state index is 12.2. The number of aryl methyl sites for hydroxylation is 1. The first-order valence-electron chi connectivity index (χ1n) is 9.44. The molecule has 1 fully saturated rings. The van der Waals surface area contributed by atoms with Crippen molar-refractivity contribution in [3.8, 4) is 11.8 Å². The summed E-state index contributed by atoms with van der Waals surface area (Å²) in [5.41, 5.74) is 3.16. The molecule has 2 aromatic rings. The van der Waals surface area contributed by atoms with Gasteiger partial charge in [-0.2, -0.15) is 5.26 Å². The van der Waals surface area contributed by atoms with Crippen molar-refractivity contribution in [2.45, 2.75) is 32.5 Å². The smallest absolute Gasteiger partial charge is 0.262 e. The number of hydrogen-bond acceptors (Lipinski definition) is 4. The second kappa shape index (κ2) is 9.72. The molecule has 3 rings (SSSR count). The highest BCUT2D eigenvalue weighted by atomic mass is 16.5. The number of carbonyl (C=O) groups is 1. The van der Waals surface area contributed by atoms with Gasteiger partial charge >= 0.3 is 0 Å². The number of ether oxygens (including phenoxy) is 2. The summed E-state index contributed by atoms with van der Waals surface area (Å²) in [5.74, 6) is 0.358. The number of nitrogens with one attached hydrogen (secondary N) is 1. The summed E-state index contributed by atoms with van der Waals surface area (Å²) in [7, 11) is 0. The maximum Gasteiger partial charge on any atom is 0.262 e. The molecule has 1 aliphatic heterocycles. The van der Waals surface area contributed by atoms with E-state index in [0.717, 1.165) is 36.3 Å². The van der Waals surface area contributed by atoms with Gasteiger partial charge in [-0.15, -0.1) is 0 Å². The number of nitrogens with zero attached hydrogens (tertiary/aromatic N) is 1. The van der Waals surface area contributed by atoms with Gasteiger partial charge in [0.25, 0.3) is 5.91 Å². The minimum Gasteiger partial charge on any atom is -0.489 e. The molecule has 5 heteroatoms. The Morgan fingerprint density at radius 2 is 2.00 bits per heavy atom. The zero-order valence-corrected chi connectivity index (χ0v) is 16.0. The molecule has 1 unspecified atom stereocenters. The zero-order chi connectivity index (χ0) is 19.8. The SMILES string of the molecule is Cc1ccc(COc2ccc(/C=C(\C#N)C(=O)NCC3CCCO3)cc2)cc1. The Labute approximate surface area is 165 Å². The summed E-state index contributed by atoms with van der Waals surface area (Å²) in [6, 6.07) is 17.5. The lowest BCUT2D eigenvalue weighted by molar-refractivity contribution is -0.117. The normalized spacial score (nSPS) is 16.4. The number of hydrogen-bond donors (Lipinski definition) is 1. The van der Waals surface area contributed by atoms with Crippen molar-refractivity contribution in [3.63, 3.8) is 0 Å². The monoisotopic (exact) mass is 376 g/mol. The van der Waals surface area contributed by atoms with E-state index in [9.17, 15) is 10.1 Å². The van der Waals surface area contributed by atoms with Crippen LogP contribution in [0, 0.1) is 18.3 Å². The highest BCUT2D eigenvalue weighted by Gasteiger charge is 2.17. The van der Waals surface area contributed by atoms with Gasteiger partial charge in [0.1, 0.15) is 24.0 Å². The van der Waals surface area contributed by atoms with Gasteiger partial charge in [0.15, 0.2) is 0 Å². The van der Waals surface area contributed by atoms with Crippen LogP contribution in [0.3, 0.4) is 0 Å². The molecule has 0 aliphatic carbocycles. The highest BCUT2D eigenvalue weighted by Crippen LogP contribution is 2.17. The lowest BCUT2D eigenvalue weighted by Crippen LogP contribution is -2.32. The average Bonchev–Trinajstić information content (AvgIpc) is 3.24. The van der Waals surface area contributed by atoms with Crippen LogP contribution in [0.25, 0.3) is 6.08 Å². The summed E-state index contributed by atoms with van der Waals surface area (Å²) in [5, 5.41) is 12.1. The molecule has 2 aromatic carbocycles. The molecule has 5 nitrogen and oxygen atoms in total. The third kappa shape index (κ3) is 5.70. The first kappa shape index (κ1) is 19.7. The molecule has 0 bridgehead atoms. The Morgan fingerprint density at radius 3 is 2.64 bits per heavy atom. The fraction of sp³-hybridized carbons (Fsp3) is 0.304. The molecule has 0 radical (unpaired) electrons. The van der Waals surface area contributed by atoms with Crippen LogP contribution < -0.4 is 10.1 Å². The van der Waals surface area contributed by atoms with Gasteiger partial charge in [-0.1, -0.05) is 42.0 Å². The van der Waals surface area contributed by atoms with Gasteiger partial charge in [0.2, 0.25) is 0 Å². The highest BCUT2D eigenvalue weighted by molar-refractivity contribution is 6.01. The lowest BCUT2D eigenvalue weighted by Gasteiger charge is -2.10. The Morgan fingerprint density at radius 1 is 1.25 bits per heavy atom. The van der Waals surface area contributed by atoms with E-state index < -0.39 is 0 Å². The van der Waals surface area contributed by atoms with Crippen LogP contribution in [0.5, 0.6) is 5.75 Å². The van der Waals surface area contributed by atoms with Gasteiger partial charge in [-0.25, -0.2) is 0 Å². The average molecular weight is 376 g/mol. The molecule has 28 heavy (non-hydrogen) atoms. The van der Waals surface area contributed by atoms with E-state index in [-0.39, 0.29) is 17.6 Å². The molecule has 0 aromatic heterocycles. The van der Waals surface area contributed by atoms with Gasteiger partial charge < -0.3 is 14.8 Å². The van der Waals surface area contributed by atoms with Crippen LogP contribution in [0.15, 0.2) is 54.1 Å². The molecule has 1 atom stereocenters. The van der Waals surface area contributed by atoms with Crippen LogP contribution >= 0.6 is 0 Å². The van der Waals surface area contributed by atoms with Crippen LogP contribution in [0.2, 0.25) is 0 Å². The van der Waals surface area contributed by atoms with Crippen molar-refractivity contribution in [1.82, 2.24) is 5.32 Å². The number of benzene rings is 2. The van der Waals surface area contributed by atoms with E-state index in [4.69, 9.17) is 9.47 Å². The molecule has 1 saturated heterocycles. The Kier molecular flexibility index (Phi) is 6.83. The van der Waals surface area contributed by atoms with E-state index >= 15 is 0 Å². The third-order valence-corrected chi connectivity index (χ3v) is 4.60. The number of carbonyl (C=O) groups excluding carboxylic acids is 1. The Bertz CT molecular complexity index is 858. The summed E-state index contributed by atoms with van der Waals surface area (Å²) >= 11 is 0. The van der Waals surface area contributed by atoms with E-state index in [1.165, 1.54) is 5.56 Å². The van der Waals surface area contributed by atoms with Crippen molar-refractivity contribution in [1.29, 1.82) is 5.26 Å². The first-order valence-corrected chi connectivity index (χ1v) is 9.44. The third-order valence-electron chi connectivity index (χ3n) is 4.60. The van der Waals surface area contributed by atoms with Crippen molar-refractivity contribution < 1.29 is 14.3 Å². The number of nitriles is 1. The lowest BCUT2D eigenvalue weighted by atomic mass is 10.1. The fourth-order valence-corrected chi connectivity index (χ4v) is 2.93. The Hall–Kier alpha value is -3.10. The fourth-order valence-electron chi connectivity index (χ4n) is 2.93. The summed E-state index contributed by atoms with van der Waals surface area (Å²) < 4.78 is 11.3. The molecule has 0 spiro atoms. The van der Waals surface area contributed by atoms with Gasteiger partial charge in [-0.3, -0.25) is 4.79 Å². The van der Waals surface area contributed by atoms with E-state index in [0.29, 0.717) is 13.2 Å². The minimum atomic E-state index is -0.377. The number of amides is 1. The second-order valence-electron chi connectivity index (χ2n) is 6.86. The second-order valence-corrected chi connectivity index (χ2v) is 6.86. The molecule has 144 valence electrons. The van der Waals surface area contributed by atoms with Crippen molar-refractivity contribution in [2.75, 3.05) is 13.2 Å². The standard InChI is InChI=1S/C23H24N2O3/c1-17-4-6-19(7-5-17)16-28-21-10-8-18(9-11-21)13-20(14-24)23(26)25-15-22-3-2-12-27-22/h4-11,13,22H,2-3,12,15-16H2,1H3,(H,25,26)/b20-13+. The first-order chi connectivity index (χ1) is 13.6. The number of rotatable bonds is 7. The van der Waals surface area contributed by atoms with Gasteiger partial charge in [-0.05, 0) is 49.1 Å². The van der Waals surface area contributed by atoms with Crippen LogP contribution in [0.4, 0.5) is 0 Å². The van der Waals surface area contributed by atoms with Gasteiger partial charge in [0, 0.05) is 13.2 Å². The van der Waals surface area contributed by atoms with E-state index in [2.05, 4.69) is 24.4 Å². The Balaban J connectivity index is 1.55. The molecular weight excluding hydrogens is 352 g/mol. The molecule has 1 aliphatic rings. The quantitative estimate of drug-likeness (QED) is 0.590. The maximum atomic E-state index is 12.2. The van der Waals surface area contributed by atoms with Crippen molar-refractivity contribution in [2.24, 2.45) is 0 Å². The van der Waals surface area contributed by atoms with Crippen molar-refractivity contribution in [3.05, 3.63) is 70.8 Å². The minimum absolute atomic E-state index is 0.0499. The molecular formula is C23H24N2O3. The molecule has 1 heterocycles.